The highest BCUT2D eigenvalue weighted by Crippen LogP contribution is 2.46. The fourth-order valence-corrected chi connectivity index (χ4v) is 4.07. The zero-order valence-corrected chi connectivity index (χ0v) is 12.9. The molecule has 90 valence electrons. The third-order valence-electron chi connectivity index (χ3n) is 3.49. The van der Waals surface area contributed by atoms with Gasteiger partial charge in [0.05, 0.1) is 13.2 Å². The van der Waals surface area contributed by atoms with Gasteiger partial charge in [-0.1, -0.05) is 13.8 Å². The fraction of sp³-hybridized carbons (Fsp3) is 0.667. The summed E-state index contributed by atoms with van der Waals surface area (Å²) >= 11 is 4.08. The minimum Gasteiger partial charge on any atom is -0.488 e. The molecular weight excluding hydrogens is 335 g/mol. The molecule has 0 fully saturated rings. The molecule has 0 aliphatic carbocycles. The quantitative estimate of drug-likeness (QED) is 0.742. The lowest BCUT2D eigenvalue weighted by Gasteiger charge is -2.28. The highest BCUT2D eigenvalue weighted by Gasteiger charge is 2.33. The standard InChI is InChI=1S/C12H17IO2S/c1-4-12(5-2)6-14-9-8(3)16-11(13)10(9)15-7-12/h4-7H2,1-3H3. The second-order valence-electron chi connectivity index (χ2n) is 4.37. The monoisotopic (exact) mass is 352 g/mol. The Bertz CT molecular complexity index is 352. The van der Waals surface area contributed by atoms with Gasteiger partial charge in [0.2, 0.25) is 0 Å². The van der Waals surface area contributed by atoms with Crippen LogP contribution in [0.3, 0.4) is 0 Å². The van der Waals surface area contributed by atoms with Crippen LogP contribution in [0, 0.1) is 15.2 Å². The van der Waals surface area contributed by atoms with E-state index < -0.39 is 0 Å². The minimum atomic E-state index is 0.187. The summed E-state index contributed by atoms with van der Waals surface area (Å²) in [5.41, 5.74) is 0.187. The Kier molecular flexibility index (Phi) is 3.69. The number of thiophene rings is 1. The molecular formula is C12H17IO2S. The van der Waals surface area contributed by atoms with E-state index in [1.54, 1.807) is 11.3 Å². The molecule has 0 amide bonds. The molecule has 0 unspecified atom stereocenters. The molecule has 1 aromatic heterocycles. The van der Waals surface area contributed by atoms with Gasteiger partial charge in [-0.2, -0.15) is 0 Å². The van der Waals surface area contributed by atoms with Crippen LogP contribution in [0.25, 0.3) is 0 Å². The van der Waals surface area contributed by atoms with Crippen molar-refractivity contribution in [2.24, 2.45) is 5.41 Å². The summed E-state index contributed by atoms with van der Waals surface area (Å²) in [6.07, 6.45) is 2.21. The Balaban J connectivity index is 2.28. The average molecular weight is 352 g/mol. The lowest BCUT2D eigenvalue weighted by atomic mass is 9.84. The molecule has 1 aliphatic rings. The van der Waals surface area contributed by atoms with Crippen LogP contribution in [0.2, 0.25) is 0 Å². The maximum absolute atomic E-state index is 5.98. The van der Waals surface area contributed by atoms with Crippen molar-refractivity contribution in [3.8, 4) is 11.5 Å². The third kappa shape index (κ3) is 2.06. The SMILES string of the molecule is CCC1(CC)COc2c(C)sc(I)c2OC1. The Labute approximate surface area is 114 Å². The molecule has 0 bridgehead atoms. The van der Waals surface area contributed by atoms with Crippen LogP contribution >= 0.6 is 33.9 Å². The first kappa shape index (κ1) is 12.5. The van der Waals surface area contributed by atoms with E-state index in [4.69, 9.17) is 9.47 Å². The van der Waals surface area contributed by atoms with Crippen molar-refractivity contribution in [1.82, 2.24) is 0 Å². The Hall–Kier alpha value is 0.0300. The van der Waals surface area contributed by atoms with Gasteiger partial charge in [-0.3, -0.25) is 0 Å². The molecule has 0 aromatic carbocycles. The summed E-state index contributed by atoms with van der Waals surface area (Å²) in [6, 6.07) is 0. The second-order valence-corrected chi connectivity index (χ2v) is 7.41. The van der Waals surface area contributed by atoms with Gasteiger partial charge in [0.25, 0.3) is 0 Å². The van der Waals surface area contributed by atoms with E-state index in [1.807, 2.05) is 0 Å². The number of fused-ring (bicyclic) bond motifs is 1. The lowest BCUT2D eigenvalue weighted by molar-refractivity contribution is 0.0940. The molecule has 2 nitrogen and oxygen atoms in total. The van der Waals surface area contributed by atoms with E-state index in [1.165, 1.54) is 7.76 Å². The van der Waals surface area contributed by atoms with Crippen LogP contribution in [0.1, 0.15) is 31.6 Å². The molecule has 1 aromatic rings. The van der Waals surface area contributed by atoms with Crippen LogP contribution in [0.5, 0.6) is 11.5 Å². The Morgan fingerprint density at radius 3 is 2.31 bits per heavy atom. The summed E-state index contributed by atoms with van der Waals surface area (Å²) in [5, 5.41) is 0. The molecule has 4 heteroatoms. The third-order valence-corrected chi connectivity index (χ3v) is 5.50. The summed E-state index contributed by atoms with van der Waals surface area (Å²) in [5.74, 6) is 1.94. The maximum atomic E-state index is 5.98. The minimum absolute atomic E-state index is 0.187. The second kappa shape index (κ2) is 4.72. The van der Waals surface area contributed by atoms with Gasteiger partial charge in [0.1, 0.15) is 2.88 Å². The number of hydrogen-bond donors (Lipinski definition) is 0. The molecule has 2 heterocycles. The average Bonchev–Trinajstić information content (AvgIpc) is 2.49. The van der Waals surface area contributed by atoms with Crippen molar-refractivity contribution in [3.63, 3.8) is 0 Å². The van der Waals surface area contributed by atoms with E-state index in [0.29, 0.717) is 0 Å². The molecule has 0 atom stereocenters. The lowest BCUT2D eigenvalue weighted by Crippen LogP contribution is -2.32. The van der Waals surface area contributed by atoms with Gasteiger partial charge in [-0.05, 0) is 42.4 Å². The van der Waals surface area contributed by atoms with Crippen molar-refractivity contribution < 1.29 is 9.47 Å². The van der Waals surface area contributed by atoms with E-state index in [-0.39, 0.29) is 5.41 Å². The first-order valence-corrected chi connectivity index (χ1v) is 7.56. The summed E-state index contributed by atoms with van der Waals surface area (Å²) in [6.45, 7) is 8.08. The maximum Gasteiger partial charge on any atom is 0.185 e. The fourth-order valence-electron chi connectivity index (χ4n) is 1.92. The van der Waals surface area contributed by atoms with Crippen LogP contribution in [-0.4, -0.2) is 13.2 Å². The molecule has 16 heavy (non-hydrogen) atoms. The molecule has 0 spiro atoms. The van der Waals surface area contributed by atoms with Crippen molar-refractivity contribution in [2.45, 2.75) is 33.6 Å². The predicted molar refractivity (Wildman–Crippen MR) is 75.8 cm³/mol. The van der Waals surface area contributed by atoms with Crippen molar-refractivity contribution >= 4 is 33.9 Å². The number of ether oxygens (including phenoxy) is 2. The van der Waals surface area contributed by atoms with E-state index in [2.05, 4.69) is 43.4 Å². The van der Waals surface area contributed by atoms with Crippen molar-refractivity contribution in [1.29, 1.82) is 0 Å². The highest BCUT2D eigenvalue weighted by molar-refractivity contribution is 14.1. The van der Waals surface area contributed by atoms with Gasteiger partial charge in [0.15, 0.2) is 11.5 Å². The van der Waals surface area contributed by atoms with E-state index in [9.17, 15) is 0 Å². The zero-order chi connectivity index (χ0) is 11.8. The summed E-state index contributed by atoms with van der Waals surface area (Å²) in [7, 11) is 0. The first-order valence-electron chi connectivity index (χ1n) is 5.66. The topological polar surface area (TPSA) is 18.5 Å². The van der Waals surface area contributed by atoms with Gasteiger partial charge in [-0.25, -0.2) is 0 Å². The normalized spacial score (nSPS) is 18.2. The zero-order valence-electron chi connectivity index (χ0n) is 9.93. The molecule has 0 N–H and O–H groups in total. The van der Waals surface area contributed by atoms with Gasteiger partial charge >= 0.3 is 0 Å². The number of hydrogen-bond acceptors (Lipinski definition) is 3. The Morgan fingerprint density at radius 1 is 1.19 bits per heavy atom. The van der Waals surface area contributed by atoms with E-state index >= 15 is 0 Å². The van der Waals surface area contributed by atoms with Gasteiger partial charge < -0.3 is 9.47 Å². The number of halogens is 1. The molecule has 0 radical (unpaired) electrons. The smallest absolute Gasteiger partial charge is 0.185 e. The van der Waals surface area contributed by atoms with Crippen molar-refractivity contribution in [2.75, 3.05) is 13.2 Å². The Morgan fingerprint density at radius 2 is 1.75 bits per heavy atom. The summed E-state index contributed by atoms with van der Waals surface area (Å²) < 4.78 is 13.2. The first-order chi connectivity index (χ1) is 7.62. The summed E-state index contributed by atoms with van der Waals surface area (Å²) in [4.78, 5) is 1.22. The molecule has 1 aliphatic heterocycles. The van der Waals surface area contributed by atoms with Gasteiger partial charge in [0, 0.05) is 10.3 Å². The van der Waals surface area contributed by atoms with Crippen LogP contribution in [0.4, 0.5) is 0 Å². The van der Waals surface area contributed by atoms with Crippen LogP contribution in [-0.2, 0) is 0 Å². The largest absolute Gasteiger partial charge is 0.488 e. The van der Waals surface area contributed by atoms with Crippen LogP contribution in [0.15, 0.2) is 0 Å². The van der Waals surface area contributed by atoms with Crippen LogP contribution < -0.4 is 9.47 Å². The highest BCUT2D eigenvalue weighted by atomic mass is 127. The van der Waals surface area contributed by atoms with Gasteiger partial charge in [-0.15, -0.1) is 11.3 Å². The number of rotatable bonds is 2. The predicted octanol–water partition coefficient (Wildman–Crippen LogP) is 4.24. The molecule has 0 saturated carbocycles. The molecule has 0 saturated heterocycles. The van der Waals surface area contributed by atoms with Crippen molar-refractivity contribution in [3.05, 3.63) is 7.76 Å². The molecule has 2 rings (SSSR count). The number of aryl methyl sites for hydroxylation is 1. The van der Waals surface area contributed by atoms with E-state index in [0.717, 1.165) is 37.6 Å².